The molecule has 0 heterocycles. The van der Waals surface area contributed by atoms with Gasteiger partial charge >= 0.3 is 0 Å². The number of rotatable bonds is 5. The lowest BCUT2D eigenvalue weighted by Crippen LogP contribution is -2.44. The van der Waals surface area contributed by atoms with Crippen LogP contribution >= 0.6 is 0 Å². The molecule has 18 heavy (non-hydrogen) atoms. The number of amidine groups is 1. The Labute approximate surface area is 107 Å². The van der Waals surface area contributed by atoms with E-state index in [4.69, 9.17) is 10.9 Å². The molecule has 0 radical (unpaired) electrons. The number of carbonyl (C=O) groups is 1. The SMILES string of the molecule is CCC(NC(=O)Cc1cccc(C)c1)/C(N)=N/O. The minimum Gasteiger partial charge on any atom is -0.409 e. The summed E-state index contributed by atoms with van der Waals surface area (Å²) < 4.78 is 0. The number of nitrogens with one attached hydrogen (secondary N) is 1. The lowest BCUT2D eigenvalue weighted by Gasteiger charge is -2.15. The summed E-state index contributed by atoms with van der Waals surface area (Å²) in [5.74, 6) is -0.117. The molecule has 1 unspecified atom stereocenters. The standard InChI is InChI=1S/C13H19N3O2/c1-3-11(13(14)16-18)15-12(17)8-10-6-4-5-9(2)7-10/h4-7,11,18H,3,8H2,1-2H3,(H2,14,16)(H,15,17). The minimum atomic E-state index is -0.424. The largest absolute Gasteiger partial charge is 0.409 e. The number of oxime groups is 1. The second-order valence-corrected chi connectivity index (χ2v) is 4.22. The fourth-order valence-electron chi connectivity index (χ4n) is 1.71. The van der Waals surface area contributed by atoms with Gasteiger partial charge in [-0.25, -0.2) is 0 Å². The Balaban J connectivity index is 2.61. The maximum absolute atomic E-state index is 11.8. The summed E-state index contributed by atoms with van der Waals surface area (Å²) in [6.07, 6.45) is 0.867. The first-order valence-electron chi connectivity index (χ1n) is 5.89. The lowest BCUT2D eigenvalue weighted by atomic mass is 10.1. The smallest absolute Gasteiger partial charge is 0.225 e. The molecule has 98 valence electrons. The summed E-state index contributed by atoms with van der Waals surface area (Å²) in [5.41, 5.74) is 7.54. The second-order valence-electron chi connectivity index (χ2n) is 4.22. The Bertz CT molecular complexity index is 444. The molecule has 1 aromatic rings. The zero-order valence-corrected chi connectivity index (χ0v) is 10.7. The Hall–Kier alpha value is -2.04. The summed E-state index contributed by atoms with van der Waals surface area (Å²) in [6, 6.07) is 7.33. The van der Waals surface area contributed by atoms with Gasteiger partial charge in [-0.15, -0.1) is 0 Å². The first kappa shape index (κ1) is 14.0. The summed E-state index contributed by atoms with van der Waals surface area (Å²) in [5, 5.41) is 14.2. The number of hydrogen-bond acceptors (Lipinski definition) is 3. The van der Waals surface area contributed by atoms with Crippen LogP contribution in [0.2, 0.25) is 0 Å². The minimum absolute atomic E-state index is 0.0232. The molecule has 4 N–H and O–H groups in total. The first-order chi connectivity index (χ1) is 8.56. The van der Waals surface area contributed by atoms with Crippen LogP contribution in [-0.2, 0) is 11.2 Å². The summed E-state index contributed by atoms with van der Waals surface area (Å²) in [7, 11) is 0. The maximum Gasteiger partial charge on any atom is 0.225 e. The quantitative estimate of drug-likeness (QED) is 0.317. The second kappa shape index (κ2) is 6.64. The van der Waals surface area contributed by atoms with E-state index in [1.165, 1.54) is 0 Å². The van der Waals surface area contributed by atoms with E-state index < -0.39 is 6.04 Å². The van der Waals surface area contributed by atoms with Crippen molar-refractivity contribution in [3.63, 3.8) is 0 Å². The third-order valence-corrected chi connectivity index (χ3v) is 2.66. The van der Waals surface area contributed by atoms with E-state index in [1.807, 2.05) is 38.1 Å². The highest BCUT2D eigenvalue weighted by Gasteiger charge is 2.14. The van der Waals surface area contributed by atoms with Crippen LogP contribution in [0.15, 0.2) is 29.4 Å². The molecule has 0 saturated carbocycles. The van der Waals surface area contributed by atoms with E-state index in [0.717, 1.165) is 11.1 Å². The molecule has 0 aliphatic heterocycles. The van der Waals surface area contributed by atoms with Crippen molar-refractivity contribution in [1.82, 2.24) is 5.32 Å². The average Bonchev–Trinajstić information content (AvgIpc) is 2.35. The number of hydrogen-bond donors (Lipinski definition) is 3. The fraction of sp³-hybridized carbons (Fsp3) is 0.385. The van der Waals surface area contributed by atoms with E-state index in [-0.39, 0.29) is 18.2 Å². The zero-order valence-electron chi connectivity index (χ0n) is 10.7. The number of aryl methyl sites for hydroxylation is 1. The van der Waals surface area contributed by atoms with Crippen LogP contribution in [0.5, 0.6) is 0 Å². The number of nitrogens with zero attached hydrogens (tertiary/aromatic N) is 1. The van der Waals surface area contributed by atoms with Crippen molar-refractivity contribution < 1.29 is 10.0 Å². The molecule has 5 heteroatoms. The van der Waals surface area contributed by atoms with E-state index in [1.54, 1.807) is 0 Å². The van der Waals surface area contributed by atoms with Crippen LogP contribution in [0.25, 0.3) is 0 Å². The molecular formula is C13H19N3O2. The highest BCUT2D eigenvalue weighted by molar-refractivity contribution is 5.90. The summed E-state index contributed by atoms with van der Waals surface area (Å²) in [6.45, 7) is 3.84. The summed E-state index contributed by atoms with van der Waals surface area (Å²) >= 11 is 0. The number of carbonyl (C=O) groups excluding carboxylic acids is 1. The van der Waals surface area contributed by atoms with Gasteiger partial charge in [-0.2, -0.15) is 0 Å². The van der Waals surface area contributed by atoms with Crippen LogP contribution in [-0.4, -0.2) is 23.0 Å². The van der Waals surface area contributed by atoms with Gasteiger partial charge in [-0.3, -0.25) is 4.79 Å². The van der Waals surface area contributed by atoms with E-state index in [2.05, 4.69) is 10.5 Å². The van der Waals surface area contributed by atoms with E-state index in [9.17, 15) is 4.79 Å². The van der Waals surface area contributed by atoms with Gasteiger partial charge in [0, 0.05) is 0 Å². The molecule has 0 aromatic heterocycles. The number of amides is 1. The normalized spacial score (nSPS) is 13.1. The fourth-order valence-corrected chi connectivity index (χ4v) is 1.71. The van der Waals surface area contributed by atoms with Crippen LogP contribution in [0.3, 0.4) is 0 Å². The molecule has 0 aliphatic carbocycles. The molecule has 0 spiro atoms. The predicted octanol–water partition coefficient (Wildman–Crippen LogP) is 1.18. The molecule has 5 nitrogen and oxygen atoms in total. The molecule has 1 atom stereocenters. The van der Waals surface area contributed by atoms with Gasteiger partial charge in [0.1, 0.15) is 0 Å². The molecular weight excluding hydrogens is 230 g/mol. The number of benzene rings is 1. The van der Waals surface area contributed by atoms with Crippen LogP contribution < -0.4 is 11.1 Å². The lowest BCUT2D eigenvalue weighted by molar-refractivity contribution is -0.120. The molecule has 1 rings (SSSR count). The molecule has 1 aromatic carbocycles. The third-order valence-electron chi connectivity index (χ3n) is 2.66. The van der Waals surface area contributed by atoms with Crippen molar-refractivity contribution in [3.8, 4) is 0 Å². The predicted molar refractivity (Wildman–Crippen MR) is 70.5 cm³/mol. The van der Waals surface area contributed by atoms with Crippen molar-refractivity contribution in [1.29, 1.82) is 0 Å². The molecule has 0 aliphatic rings. The Morgan fingerprint density at radius 1 is 1.56 bits per heavy atom. The molecule has 0 bridgehead atoms. The highest BCUT2D eigenvalue weighted by atomic mass is 16.4. The monoisotopic (exact) mass is 249 g/mol. The topological polar surface area (TPSA) is 87.7 Å². The van der Waals surface area contributed by atoms with Gasteiger partial charge in [0.2, 0.25) is 5.91 Å². The van der Waals surface area contributed by atoms with Gasteiger partial charge in [0.25, 0.3) is 0 Å². The molecule has 0 saturated heterocycles. The summed E-state index contributed by atoms with van der Waals surface area (Å²) in [4.78, 5) is 11.8. The molecule has 0 fully saturated rings. The number of nitrogens with two attached hydrogens (primary N) is 1. The van der Waals surface area contributed by atoms with Crippen LogP contribution in [0.1, 0.15) is 24.5 Å². The third kappa shape index (κ3) is 4.08. The average molecular weight is 249 g/mol. The van der Waals surface area contributed by atoms with Crippen LogP contribution in [0.4, 0.5) is 0 Å². The van der Waals surface area contributed by atoms with E-state index in [0.29, 0.717) is 6.42 Å². The highest BCUT2D eigenvalue weighted by Crippen LogP contribution is 2.05. The van der Waals surface area contributed by atoms with Crippen molar-refractivity contribution >= 4 is 11.7 Å². The maximum atomic E-state index is 11.8. The Morgan fingerprint density at radius 2 is 2.28 bits per heavy atom. The zero-order chi connectivity index (χ0) is 13.5. The molecule has 1 amide bonds. The van der Waals surface area contributed by atoms with Crippen molar-refractivity contribution in [2.45, 2.75) is 32.7 Å². The first-order valence-corrected chi connectivity index (χ1v) is 5.89. The van der Waals surface area contributed by atoms with Gasteiger partial charge in [0.05, 0.1) is 12.5 Å². The van der Waals surface area contributed by atoms with Crippen LogP contribution in [0, 0.1) is 6.92 Å². The van der Waals surface area contributed by atoms with Crippen molar-refractivity contribution in [3.05, 3.63) is 35.4 Å². The van der Waals surface area contributed by atoms with Gasteiger partial charge in [-0.1, -0.05) is 41.9 Å². The Morgan fingerprint density at radius 3 is 2.83 bits per heavy atom. The van der Waals surface area contributed by atoms with Crippen molar-refractivity contribution in [2.24, 2.45) is 10.9 Å². The van der Waals surface area contributed by atoms with Gasteiger partial charge < -0.3 is 16.3 Å². The van der Waals surface area contributed by atoms with Gasteiger partial charge in [-0.05, 0) is 18.9 Å². The van der Waals surface area contributed by atoms with E-state index >= 15 is 0 Å². The Kier molecular flexibility index (Phi) is 5.17. The van der Waals surface area contributed by atoms with Gasteiger partial charge in [0.15, 0.2) is 5.84 Å². The van der Waals surface area contributed by atoms with Crippen molar-refractivity contribution in [2.75, 3.05) is 0 Å².